The van der Waals surface area contributed by atoms with Crippen LogP contribution in [0.25, 0.3) is 34.2 Å². The van der Waals surface area contributed by atoms with Gasteiger partial charge in [-0.1, -0.05) is 68.0 Å². The number of Topliss-reactive ketones (excluding diaryl/α,β-unsaturated/α-hetero) is 1. The summed E-state index contributed by atoms with van der Waals surface area (Å²) >= 11 is 0. The number of rotatable bonds is 6. The molecule has 0 aromatic carbocycles. The summed E-state index contributed by atoms with van der Waals surface area (Å²) in [5.41, 5.74) is 7.90. The van der Waals surface area contributed by atoms with E-state index in [1.807, 2.05) is 55.5 Å². The molecule has 6 aromatic heterocycles. The number of carbonyl (C=O) groups excluding carboxylic acids is 5. The van der Waals surface area contributed by atoms with E-state index in [-0.39, 0.29) is 66.5 Å². The summed E-state index contributed by atoms with van der Waals surface area (Å²) < 4.78 is 1360. The van der Waals surface area contributed by atoms with E-state index in [1.54, 1.807) is 70.7 Å². The Balaban J connectivity index is -0.0000000115. The summed E-state index contributed by atoms with van der Waals surface area (Å²) in [4.78, 5) is 94.1. The Morgan fingerprint density at radius 2 is 0.938 bits per heavy atom. The van der Waals surface area contributed by atoms with Gasteiger partial charge in [0.1, 0.15) is 5.78 Å². The van der Waals surface area contributed by atoms with Gasteiger partial charge in [0.05, 0.1) is 38.4 Å². The van der Waals surface area contributed by atoms with Crippen LogP contribution in [0.3, 0.4) is 0 Å². The van der Waals surface area contributed by atoms with Gasteiger partial charge in [-0.3, -0.25) is 29.3 Å². The zero-order chi connectivity index (χ0) is 324. The van der Waals surface area contributed by atoms with E-state index < -0.39 is 5.41 Å². The number of pyridine rings is 3. The van der Waals surface area contributed by atoms with Crippen molar-refractivity contribution in [1.82, 2.24) is 44.9 Å². The molecule has 6 aliphatic rings. The van der Waals surface area contributed by atoms with E-state index in [0.717, 1.165) is 95.4 Å². The average molecular weight is 1890 g/mol. The van der Waals surface area contributed by atoms with Crippen molar-refractivity contribution in [3.05, 3.63) is 132 Å². The first-order valence-corrected chi connectivity index (χ1v) is 26.9. The number of nitrogens with zero attached hydrogens (tertiary/aromatic N) is 9. The van der Waals surface area contributed by atoms with Crippen molar-refractivity contribution in [2.45, 2.75) is 124 Å². The molecule has 6 aliphatic carbocycles. The topological polar surface area (TPSA) is 229 Å². The molecule has 0 amide bonds. The number of ether oxygens (including phenoxy) is 3. The zero-order valence-corrected chi connectivity index (χ0v) is 46.6. The van der Waals surface area contributed by atoms with E-state index in [0.29, 0.717) is 53.2 Å². The Kier molecular flexibility index (Phi) is 2.33. The molecule has 0 bridgehead atoms. The molecule has 0 spiro atoms. The molecule has 686 valence electrons. The molecular formula is C63H341N9O8. The Hall–Kier alpha value is -8.04. The van der Waals surface area contributed by atoms with Gasteiger partial charge < -0.3 is 14.2 Å². The van der Waals surface area contributed by atoms with Gasteiger partial charge in [0, 0.05) is 510 Å². The fourth-order valence-electron chi connectivity index (χ4n) is 13.6. The van der Waals surface area contributed by atoms with Crippen LogP contribution in [0.1, 0.15) is 521 Å². The molecule has 1 fully saturated rings. The highest BCUT2D eigenvalue weighted by Gasteiger charge is 2.54. The first-order valence-electron chi connectivity index (χ1n) is 161. The lowest BCUT2D eigenvalue weighted by atomic mass is 9.53. The standard InChI is InChI=1S/C21H23N3O2.C20H23N3O2.C20H21N3O2.CO2.CH4.135H2/c1-20(2)15-6-5-14-17(21(15,3)10-7-16(20)25)23-18(24-19(14)26-4)13-8-11-22-12-9-13;2*1-12-15-5-4-14-17(20(15,2)9-6-16(12)24)22-18(23-19(14)25-3)13-7-10-21-11-8-13;2-1-3;;;;;;;;;;;;;;;;;;;;;;;;;;;;;;;;;;;;;;;;;;;;;;;;;;;;;;;;;;;;;;;;;;;;;;;;;;;;;;;;;;;;;;;;;;;;;;;;;;;;;;;;;;;;;;;;;;;;;;;;;;;;;;;;;;;;;;;;/h7-12,15H,5-6H2,1-4H3;7-8,10-12,15H,4-6,9H2,1-3H3;6-12,15H,4-5H2,1-3H3;;1H4;135*1H/t15-,21-;2*12-,15-,20-;;;;;;;;;;;;;;;;;;;;;;;;;;;;;;;;;;;;;;;;;;;;;;;;;;;;;;;;;;;;;;;;;;;;;;;;;;;;;;;;;;;;;;;;;;;;;;;;;;;;;;;;;;;;;;;;;;;;;;;;;;;;;;;;;;;;;;;;;/m111........................................................................................................................................./s1/i;;;;;134*1+2T;1+2. The number of allylic oxidation sites excluding steroid dienone is 4. The maximum absolute atomic E-state index is 12.5. The minimum atomic E-state index is -0.407. The summed E-state index contributed by atoms with van der Waals surface area (Å²) in [6, 6.07) is 11.4. The first kappa shape index (κ1) is 7.99. The van der Waals surface area contributed by atoms with Crippen LogP contribution in [0, 0.1) is 35.0 Å². The maximum Gasteiger partial charge on any atom is 0.373 e. The van der Waals surface area contributed by atoms with Crippen molar-refractivity contribution < 1.29 is 438 Å². The van der Waals surface area contributed by atoms with Gasteiger partial charge in [-0.25, -0.2) is 15.0 Å². The van der Waals surface area contributed by atoms with Crippen molar-refractivity contribution in [3.8, 4) is 51.8 Å². The van der Waals surface area contributed by atoms with Crippen molar-refractivity contribution in [1.29, 1.82) is 0 Å². The van der Waals surface area contributed by atoms with Crippen molar-refractivity contribution in [2.75, 3.05) is 21.3 Å². The molecule has 12 rings (SSSR count). The Morgan fingerprint density at radius 3 is 1.40 bits per heavy atom. The van der Waals surface area contributed by atoms with Crippen LogP contribution in [0.4, 0.5) is 0 Å². The highest BCUT2D eigenvalue weighted by molar-refractivity contribution is 5.96. The summed E-state index contributed by atoms with van der Waals surface area (Å²) in [5, 5.41) is 0. The molecule has 0 saturated heterocycles. The normalized spacial score (nSPS) is 39.4. The molecule has 1 saturated carbocycles. The monoisotopic (exact) mass is 1890 g/mol. The van der Waals surface area contributed by atoms with Crippen molar-refractivity contribution in [3.63, 3.8) is 0 Å². The van der Waals surface area contributed by atoms with Gasteiger partial charge in [0.15, 0.2) is 29.0 Å². The molecule has 6 heterocycles. The van der Waals surface area contributed by atoms with E-state index in [2.05, 4.69) is 71.4 Å². The second-order valence-corrected chi connectivity index (χ2v) is 22.5. The molecule has 0 N–H and O–H groups in total. The minimum Gasteiger partial charge on any atom is -0.481 e. The van der Waals surface area contributed by atoms with Gasteiger partial charge in [-0.2, -0.15) is 24.5 Å². The van der Waals surface area contributed by atoms with Gasteiger partial charge in [-0.15, -0.1) is 0 Å². The van der Waals surface area contributed by atoms with E-state index >= 15 is 0 Å². The van der Waals surface area contributed by atoms with Gasteiger partial charge in [-0.05, 0) is 111 Å². The Bertz CT molecular complexity index is 3660. The summed E-state index contributed by atoms with van der Waals surface area (Å²) in [5.74, 6) is 5.56. The highest BCUT2D eigenvalue weighted by Crippen LogP contribution is 2.55. The van der Waals surface area contributed by atoms with Gasteiger partial charge in [0.25, 0.3) is 0 Å². The maximum atomic E-state index is 12.5. The second kappa shape index (κ2) is 23.3. The van der Waals surface area contributed by atoms with E-state index in [1.165, 1.54) is 0 Å². The van der Waals surface area contributed by atoms with Crippen molar-refractivity contribution >= 4 is 23.5 Å². The van der Waals surface area contributed by atoms with E-state index in [9.17, 15) is 14.4 Å². The Morgan fingerprint density at radius 1 is 0.537 bits per heavy atom. The highest BCUT2D eigenvalue weighted by atomic mass is 16.5. The predicted molar refractivity (Wildman–Crippen MR) is 585 cm³/mol. The van der Waals surface area contributed by atoms with Crippen LogP contribution in [0.15, 0.2) is 97.9 Å². The lowest BCUT2D eigenvalue weighted by Gasteiger charge is -2.49. The summed E-state index contributed by atoms with van der Waals surface area (Å²) in [6.07, 6.45) is 25.0. The third-order valence-electron chi connectivity index (χ3n) is 18.0. The molecular weight excluding hydrogens is 1010 g/mol. The first-order chi connectivity index (χ1) is 172. The van der Waals surface area contributed by atoms with Crippen LogP contribution >= 0.6 is 0 Å². The van der Waals surface area contributed by atoms with Crippen LogP contribution in [0.2, 0.25) is 0 Å². The second-order valence-electron chi connectivity index (χ2n) is 22.5. The van der Waals surface area contributed by atoms with Crippen LogP contribution < -0.4 is 14.2 Å². The smallest absolute Gasteiger partial charge is 0.373 e. The number of aromatic nitrogens is 9. The molecule has 0 radical (unpaired) electrons. The lowest BCUT2D eigenvalue weighted by Crippen LogP contribution is -2.50. The zero-order valence-electron chi connectivity index (χ0n) is 315. The van der Waals surface area contributed by atoms with Crippen LogP contribution in [0.5, 0.6) is 17.6 Å². The molecule has 6 aromatic rings. The summed E-state index contributed by atoms with van der Waals surface area (Å²) in [7, 11) is 4.97. The quantitative estimate of drug-likeness (QED) is 0.151. The molecule has 17 nitrogen and oxygen atoms in total. The SMILES string of the molecule is C.COc1nc(-c2ccncc2)nc2c1CC[C@@H]1C(C)(C)C(=O)C=C[C@@]21C.COc1nc(-c2ccncc2)nc2c1CC[C@@H]1[C@@H](C)C(=O)C=C[C@@]21C.COc1nc(-c2ccncc2)nc2c1CC[C@@H]1[C@@H](C)C(=O)CC[C@@]21C.O=C=O.[3HH].[3H][3H].[3H][3H].[3H][3H].[3H][3H].[3H][3H].[3H][3H].[3H][3H].[3H][3H].[3H][3H].[3H][3H].[3H][3H].[3H][3H].[3H][3H].[3H][3H].[3H][3H].[3H][3H].[3H][3H].[3H][3H].[3H][3H].[3H][3H].[3H][3H].[3H][3H].[3H][3H].[3H][3H].[3H][3H].[3H][3H].[3H][3H].[3H][3H].[3H][3H].[3H][3H].[3H][3H].[3H][3H].[3H][3H].[3H][3H].[3H][3H].[3H][3H].[3H][3H].[3H][3H].[3H][3H].[3H][3H].[3H][3H].[3H][3H].[3H][3H].[3H][3H].[3H][3H].[3H][3H].[3H][3H].[3H][3H].[3H][3H].[3H][3H].[3H][3H].[3H][3H].[3H][3H].[3H][3H].[3H][3H].[3H][3H].[3H][3H].[3H][3H].[3H][3H].[3H][3H].[3H][3H].[3H][3H].[3H][3H].[3H][3H].[3H][3H].[3H][3H].[3H][3H].[3H][3H].[3H][3H].[3H][3H].[3H][3H].[3H][3H].[3H][3H].[3H][3H].[3H][3H].[3H][3H].[3H][3H].[3H][3H].[3H][3H].[3H][3H].[3H][3H].[3H][3H].[3H][3H].[3H][3H].[3H][3H].[3H][3H].[3H][3H].[3H][3H].[3H][3H].[3H][3H].[3H][3H].[3H][3H].[3H][3H].[3H][3H].[3H][3H].[3H][3H].[3H][3H].[3H][3H].[3H][3H].[3H][3H].[3H][3H].[3H][3H].[3H][3H].[3H][3H].[3H][3H].[3H][3H].[3H][3H].[3H][3H].[3H][3H].[3H][3H].[3H][3H].[3H][3H].[3H][3H].[3H][3H].[3H][3H].[3H][3H].[3H][3H].[3H][3H].[3H][3H].[3H][3H].[3H][3H].[3H][3H].[3H][3H].[3H][3H].[3H][3H].[3H][3H].[3H][3H].[3H][3H].[3H][3H].[3H][3H].[3H][3H].[3H][3H].[3H][3H].[3H][3H]. The van der Waals surface area contributed by atoms with Gasteiger partial charge >= 0.3 is 6.15 Å². The number of carbonyl (C=O) groups is 3. The fraction of sp³-hybridized carbons (Fsp3) is 0.444. The van der Waals surface area contributed by atoms with Crippen molar-refractivity contribution in [2.24, 2.45) is 35.0 Å². The Labute approximate surface area is 883 Å². The predicted octanol–water partition coefficient (Wildman–Crippen LogP) is 43.3. The summed E-state index contributed by atoms with van der Waals surface area (Å²) in [6.45, 7) is 14.8. The number of hydrogen-bond donors (Lipinski definition) is 0. The molecule has 17 heteroatoms. The third-order valence-corrected chi connectivity index (χ3v) is 18.0. The number of ketones is 3. The molecule has 8 atom stereocenters. The number of hydrogen-bond acceptors (Lipinski definition) is 17. The molecule has 0 aliphatic heterocycles. The fourth-order valence-corrected chi connectivity index (χ4v) is 13.6. The van der Waals surface area contributed by atoms with E-state index in [4.69, 9.17) is 437 Å². The third kappa shape index (κ3) is 10.4. The lowest BCUT2D eigenvalue weighted by molar-refractivity contribution is -0.191. The van der Waals surface area contributed by atoms with Crippen LogP contribution in [-0.4, -0.2) is 89.7 Å². The molecule has 80 heavy (non-hydrogen) atoms. The van der Waals surface area contributed by atoms with Gasteiger partial charge in [0.2, 0.25) is 17.6 Å². The largest absolute Gasteiger partial charge is 0.481 e. The van der Waals surface area contributed by atoms with Crippen LogP contribution in [-0.2, 0) is 59.5 Å². The molecule has 0 unspecified atom stereocenters. The number of methoxy groups -OCH3 is 3. The average Bonchev–Trinajstić information content (AvgIpc) is 0.710. The minimum absolute atomic E-state index is 0. The number of fused-ring (bicyclic) bond motifs is 9.